The number of rotatable bonds is 67. The number of nitrogens with one attached hydrogen (secondary N) is 1. The summed E-state index contributed by atoms with van der Waals surface area (Å²) in [6.45, 7) is 4.90. The van der Waals surface area contributed by atoms with Gasteiger partial charge >= 0.3 is 5.97 Å². The van der Waals surface area contributed by atoms with E-state index in [9.17, 15) is 19.8 Å². The number of amides is 1. The van der Waals surface area contributed by atoms with Crippen molar-refractivity contribution in [2.45, 2.75) is 392 Å². The van der Waals surface area contributed by atoms with E-state index in [-0.39, 0.29) is 18.5 Å². The molecule has 0 radical (unpaired) electrons. The molecule has 0 saturated heterocycles. The molecule has 0 saturated carbocycles. The largest absolute Gasteiger partial charge is 0.466 e. The van der Waals surface area contributed by atoms with Gasteiger partial charge in [-0.3, -0.25) is 9.59 Å². The average Bonchev–Trinajstić information content (AvgIpc) is 3.47. The number of hydrogen-bond acceptors (Lipinski definition) is 5. The van der Waals surface area contributed by atoms with Gasteiger partial charge < -0.3 is 20.3 Å². The molecule has 0 aliphatic rings. The van der Waals surface area contributed by atoms with Crippen molar-refractivity contribution in [1.82, 2.24) is 5.32 Å². The molecule has 2 atom stereocenters. The van der Waals surface area contributed by atoms with Crippen LogP contribution in [-0.4, -0.2) is 47.4 Å². The molecule has 0 heterocycles. The molecule has 3 N–H and O–H groups in total. The van der Waals surface area contributed by atoms with E-state index in [1.54, 1.807) is 6.08 Å². The molecule has 0 aromatic rings. The van der Waals surface area contributed by atoms with Crippen LogP contribution >= 0.6 is 0 Å². The predicted molar refractivity (Wildman–Crippen MR) is 356 cm³/mol. The number of hydrogen-bond donors (Lipinski definition) is 3. The molecule has 0 bridgehead atoms. The second-order valence-corrected chi connectivity index (χ2v) is 24.6. The highest BCUT2D eigenvalue weighted by atomic mass is 16.5. The van der Waals surface area contributed by atoms with Gasteiger partial charge in [0, 0.05) is 12.8 Å². The van der Waals surface area contributed by atoms with Crippen LogP contribution in [0.1, 0.15) is 380 Å². The quantitative estimate of drug-likeness (QED) is 0.0320. The fourth-order valence-corrected chi connectivity index (χ4v) is 11.0. The van der Waals surface area contributed by atoms with Crippen molar-refractivity contribution < 1.29 is 24.5 Å². The summed E-state index contributed by atoms with van der Waals surface area (Å²) in [7, 11) is 0. The molecule has 0 aromatic carbocycles. The summed E-state index contributed by atoms with van der Waals surface area (Å²) in [5, 5.41) is 23.2. The van der Waals surface area contributed by atoms with Gasteiger partial charge in [-0.2, -0.15) is 0 Å². The smallest absolute Gasteiger partial charge is 0.305 e. The SMILES string of the molecule is CCCCCC/C=C\C/C=C\CCCCCCCCCC(=O)OCCCCCCCCCCC/C=C\C/C=C\CCCCCCCCCCCCCCCCCC(=O)NC(CO)C(O)/C=C/CCCCCCCCCCCCCCC. The Balaban J connectivity index is 3.41. The van der Waals surface area contributed by atoms with E-state index in [1.807, 2.05) is 6.08 Å². The number of esters is 1. The fourth-order valence-electron chi connectivity index (χ4n) is 11.0. The van der Waals surface area contributed by atoms with E-state index in [4.69, 9.17) is 4.74 Å². The fraction of sp³-hybridized carbons (Fsp3) is 0.840. The number of carbonyl (C=O) groups excluding carboxylic acids is 2. The van der Waals surface area contributed by atoms with Crippen LogP contribution in [0.15, 0.2) is 60.8 Å². The highest BCUT2D eigenvalue weighted by Gasteiger charge is 2.18. The maximum absolute atomic E-state index is 12.5. The standard InChI is InChI=1S/C75H139NO5/c1-3-5-7-9-11-13-15-17-19-20-37-41-45-49-53-57-61-65-69-75(80)81-70-66-62-58-54-50-46-42-38-35-33-31-29-27-25-23-21-22-24-26-28-30-32-34-36-40-44-48-52-56-60-64-68-74(79)76-72(71-77)73(78)67-63-59-55-51-47-43-39-18-16-14-12-10-8-6-4-2/h13,15,19-20,23,25,29,31,63,67,72-73,77-78H,3-12,14,16-18,21-22,24,26-28,30,32-62,64-66,68-71H2,1-2H3,(H,76,79)/b15-13-,20-19-,25-23-,31-29-,67-63+. The molecule has 474 valence electrons. The molecule has 81 heavy (non-hydrogen) atoms. The normalized spacial score (nSPS) is 12.9. The van der Waals surface area contributed by atoms with Gasteiger partial charge in [-0.15, -0.1) is 0 Å². The van der Waals surface area contributed by atoms with Gasteiger partial charge in [-0.05, 0) is 96.3 Å². The topological polar surface area (TPSA) is 95.9 Å². The summed E-state index contributed by atoms with van der Waals surface area (Å²) in [6.07, 6.45) is 93.0. The Morgan fingerprint density at radius 3 is 0.951 bits per heavy atom. The first-order chi connectivity index (χ1) is 40.0. The summed E-state index contributed by atoms with van der Waals surface area (Å²) >= 11 is 0. The summed E-state index contributed by atoms with van der Waals surface area (Å²) < 4.78 is 5.50. The summed E-state index contributed by atoms with van der Waals surface area (Å²) in [5.74, 6) is -0.0606. The lowest BCUT2D eigenvalue weighted by molar-refractivity contribution is -0.143. The second kappa shape index (κ2) is 70.0. The lowest BCUT2D eigenvalue weighted by Gasteiger charge is -2.20. The first-order valence-corrected chi connectivity index (χ1v) is 36.1. The highest BCUT2D eigenvalue weighted by Crippen LogP contribution is 2.18. The van der Waals surface area contributed by atoms with Crippen LogP contribution in [0.2, 0.25) is 0 Å². The maximum Gasteiger partial charge on any atom is 0.305 e. The van der Waals surface area contributed by atoms with Gasteiger partial charge in [-0.25, -0.2) is 0 Å². The van der Waals surface area contributed by atoms with Crippen molar-refractivity contribution >= 4 is 11.9 Å². The van der Waals surface area contributed by atoms with E-state index < -0.39 is 12.1 Å². The van der Waals surface area contributed by atoms with Crippen LogP contribution < -0.4 is 5.32 Å². The molecule has 0 aliphatic carbocycles. The Kier molecular flexibility index (Phi) is 67.9. The second-order valence-electron chi connectivity index (χ2n) is 24.6. The summed E-state index contributed by atoms with van der Waals surface area (Å²) in [6, 6.07) is -0.628. The number of aliphatic hydroxyl groups excluding tert-OH is 2. The van der Waals surface area contributed by atoms with Gasteiger partial charge in [0.05, 0.1) is 25.4 Å². The Bertz CT molecular complexity index is 1400. The average molecular weight is 1130 g/mol. The van der Waals surface area contributed by atoms with Crippen molar-refractivity contribution in [3.63, 3.8) is 0 Å². The molecule has 0 aliphatic heterocycles. The molecule has 0 aromatic heterocycles. The Morgan fingerprint density at radius 1 is 0.346 bits per heavy atom. The minimum absolute atomic E-state index is 0.00545. The first kappa shape index (κ1) is 78.6. The summed E-state index contributed by atoms with van der Waals surface area (Å²) in [5.41, 5.74) is 0. The number of carbonyl (C=O) groups is 2. The number of allylic oxidation sites excluding steroid dienone is 9. The molecule has 0 rings (SSSR count). The van der Waals surface area contributed by atoms with Gasteiger partial charge in [0.15, 0.2) is 0 Å². The Labute approximate surface area is 505 Å². The molecular formula is C75H139NO5. The zero-order valence-corrected chi connectivity index (χ0v) is 54.3. The first-order valence-electron chi connectivity index (χ1n) is 36.1. The van der Waals surface area contributed by atoms with Gasteiger partial charge in [0.2, 0.25) is 5.91 Å². The van der Waals surface area contributed by atoms with E-state index in [0.717, 1.165) is 57.8 Å². The summed E-state index contributed by atoms with van der Waals surface area (Å²) in [4.78, 5) is 24.6. The van der Waals surface area contributed by atoms with Crippen molar-refractivity contribution in [1.29, 1.82) is 0 Å². The third-order valence-corrected chi connectivity index (χ3v) is 16.5. The minimum atomic E-state index is -0.845. The molecule has 1 amide bonds. The zero-order valence-electron chi connectivity index (χ0n) is 54.3. The van der Waals surface area contributed by atoms with Crippen LogP contribution in [0, 0.1) is 0 Å². The third kappa shape index (κ3) is 66.6. The van der Waals surface area contributed by atoms with Crippen LogP contribution in [0.4, 0.5) is 0 Å². The lowest BCUT2D eigenvalue weighted by Crippen LogP contribution is -2.45. The number of unbranched alkanes of at least 4 members (excludes halogenated alkanes) is 48. The Morgan fingerprint density at radius 2 is 0.617 bits per heavy atom. The van der Waals surface area contributed by atoms with Crippen LogP contribution in [0.25, 0.3) is 0 Å². The predicted octanol–water partition coefficient (Wildman–Crippen LogP) is 23.4. The van der Waals surface area contributed by atoms with Crippen LogP contribution in [0.3, 0.4) is 0 Å². The highest BCUT2D eigenvalue weighted by molar-refractivity contribution is 5.76. The lowest BCUT2D eigenvalue weighted by atomic mass is 10.0. The molecule has 6 heteroatoms. The molecular weight excluding hydrogens is 995 g/mol. The zero-order chi connectivity index (χ0) is 58.5. The molecule has 6 nitrogen and oxygen atoms in total. The molecule has 0 spiro atoms. The van der Waals surface area contributed by atoms with Crippen molar-refractivity contribution in [3.8, 4) is 0 Å². The van der Waals surface area contributed by atoms with E-state index in [2.05, 4.69) is 67.8 Å². The monoisotopic (exact) mass is 1130 g/mol. The van der Waals surface area contributed by atoms with E-state index >= 15 is 0 Å². The minimum Gasteiger partial charge on any atom is -0.466 e. The third-order valence-electron chi connectivity index (χ3n) is 16.5. The number of aliphatic hydroxyl groups is 2. The Hall–Kier alpha value is -2.44. The van der Waals surface area contributed by atoms with Gasteiger partial charge in [-0.1, -0.05) is 331 Å². The van der Waals surface area contributed by atoms with Crippen molar-refractivity contribution in [2.24, 2.45) is 0 Å². The van der Waals surface area contributed by atoms with E-state index in [0.29, 0.717) is 19.4 Å². The van der Waals surface area contributed by atoms with Gasteiger partial charge in [0.1, 0.15) is 0 Å². The molecule has 2 unspecified atom stereocenters. The van der Waals surface area contributed by atoms with Crippen molar-refractivity contribution in [2.75, 3.05) is 13.2 Å². The van der Waals surface area contributed by atoms with E-state index in [1.165, 1.54) is 295 Å². The van der Waals surface area contributed by atoms with Crippen molar-refractivity contribution in [3.05, 3.63) is 60.8 Å². The molecule has 0 fully saturated rings. The van der Waals surface area contributed by atoms with Crippen LogP contribution in [-0.2, 0) is 14.3 Å². The number of ether oxygens (including phenoxy) is 1. The van der Waals surface area contributed by atoms with Crippen LogP contribution in [0.5, 0.6) is 0 Å². The maximum atomic E-state index is 12.5. The van der Waals surface area contributed by atoms with Gasteiger partial charge in [0.25, 0.3) is 0 Å².